The molecule has 12 rings (SSSR count). The van der Waals surface area contributed by atoms with Gasteiger partial charge in [0.05, 0.1) is 22.2 Å². The van der Waals surface area contributed by atoms with Crippen molar-refractivity contribution in [3.05, 3.63) is 209 Å². The van der Waals surface area contributed by atoms with E-state index in [-0.39, 0.29) is 5.41 Å². The average Bonchev–Trinajstić information content (AvgIpc) is 4.01. The maximum atomic E-state index is 4.36. The summed E-state index contributed by atoms with van der Waals surface area (Å²) in [5.41, 5.74) is 24.3. The molecule has 292 valence electrons. The Labute approximate surface area is 357 Å². The molecule has 2 heterocycles. The zero-order valence-electron chi connectivity index (χ0n) is 35.0. The Morgan fingerprint density at radius 3 is 2.13 bits per heavy atom. The van der Waals surface area contributed by atoms with Crippen LogP contribution in [0.3, 0.4) is 0 Å². The van der Waals surface area contributed by atoms with Gasteiger partial charge in [-0.3, -0.25) is 0 Å². The zero-order chi connectivity index (χ0) is 41.0. The summed E-state index contributed by atoms with van der Waals surface area (Å²) in [5.74, 6) is 0. The lowest BCUT2D eigenvalue weighted by atomic mass is 9.79. The molecular formula is C59H46N2. The molecule has 0 radical (unpaired) electrons. The van der Waals surface area contributed by atoms with Gasteiger partial charge in [-0.15, -0.1) is 0 Å². The number of allylic oxidation sites excluding steroid dienone is 4. The SMILES string of the molecule is C=Cc1c2cccc(N(c3ccc(-c4ccc5c(c4)C4=C(CCC=C4)C5)cc3)c3ccc(-c4cccc5c4C(C)(C)c4ccccc4-5)cc3)c2n2c1/c(=C\C)c1ccccc12. The van der Waals surface area contributed by atoms with Crippen molar-refractivity contribution in [2.75, 3.05) is 4.90 Å². The standard InChI is InChI=1S/C59H46N2/c1-5-44-49-18-10-12-23-54(49)61-57(44)45(6-2)51-21-14-24-55(58(51)61)60(42-31-27-37(28-32-42)39-25-26-41-35-40-15-7-8-16-46(40)52(41)36-39)43-33-29-38(30-34-43)47-19-13-20-50-48-17-9-11-22-53(48)59(3,4)56(47)50/h5-6,8-14,16-34,36H,2,7,15,35H2,1,3-4H3/b44-5-. The highest BCUT2D eigenvalue weighted by molar-refractivity contribution is 6.11. The molecule has 0 fully saturated rings. The van der Waals surface area contributed by atoms with Crippen LogP contribution in [0.2, 0.25) is 0 Å². The molecule has 2 nitrogen and oxygen atoms in total. The van der Waals surface area contributed by atoms with Crippen LogP contribution in [-0.2, 0) is 11.8 Å². The fraction of sp³-hybridized carbons (Fsp3) is 0.119. The van der Waals surface area contributed by atoms with Crippen molar-refractivity contribution in [1.29, 1.82) is 0 Å². The van der Waals surface area contributed by atoms with Crippen LogP contribution in [0.1, 0.15) is 61.4 Å². The monoisotopic (exact) mass is 782 g/mol. The summed E-state index contributed by atoms with van der Waals surface area (Å²) in [6, 6.07) is 56.8. The zero-order valence-corrected chi connectivity index (χ0v) is 35.0. The summed E-state index contributed by atoms with van der Waals surface area (Å²) in [6.45, 7) is 11.3. The van der Waals surface area contributed by atoms with Crippen molar-refractivity contribution in [2.24, 2.45) is 0 Å². The molecule has 0 unspecified atom stereocenters. The van der Waals surface area contributed by atoms with Crippen LogP contribution in [0.25, 0.3) is 78.4 Å². The van der Waals surface area contributed by atoms with E-state index >= 15 is 0 Å². The molecule has 0 saturated carbocycles. The van der Waals surface area contributed by atoms with Gasteiger partial charge in [-0.05, 0) is 130 Å². The molecule has 61 heavy (non-hydrogen) atoms. The maximum Gasteiger partial charge on any atom is 0.0782 e. The van der Waals surface area contributed by atoms with Gasteiger partial charge >= 0.3 is 0 Å². The topological polar surface area (TPSA) is 7.65 Å². The second-order valence-corrected chi connectivity index (χ2v) is 17.5. The Kier molecular flexibility index (Phi) is 7.87. The van der Waals surface area contributed by atoms with Gasteiger partial charge in [0.2, 0.25) is 0 Å². The highest BCUT2D eigenvalue weighted by Crippen LogP contribution is 2.52. The van der Waals surface area contributed by atoms with Crippen molar-refractivity contribution in [3.8, 4) is 33.4 Å². The molecule has 3 aliphatic rings. The molecule has 0 N–H and O–H groups in total. The van der Waals surface area contributed by atoms with Gasteiger partial charge in [0, 0.05) is 38.3 Å². The minimum Gasteiger partial charge on any atom is -0.308 e. The Morgan fingerprint density at radius 1 is 0.639 bits per heavy atom. The summed E-state index contributed by atoms with van der Waals surface area (Å²) in [4.78, 5) is 2.45. The molecule has 0 aliphatic heterocycles. The van der Waals surface area contributed by atoms with E-state index in [0.717, 1.165) is 35.5 Å². The molecule has 9 aromatic rings. The first-order chi connectivity index (χ1) is 29.9. The van der Waals surface area contributed by atoms with Gasteiger partial charge in [-0.25, -0.2) is 0 Å². The smallest absolute Gasteiger partial charge is 0.0782 e. The number of benzene rings is 7. The fourth-order valence-electron chi connectivity index (χ4n) is 11.2. The van der Waals surface area contributed by atoms with Crippen molar-refractivity contribution in [1.82, 2.24) is 4.40 Å². The summed E-state index contributed by atoms with van der Waals surface area (Å²) in [5, 5.41) is 3.69. The predicted molar refractivity (Wildman–Crippen MR) is 260 cm³/mol. The van der Waals surface area contributed by atoms with Crippen molar-refractivity contribution in [2.45, 2.75) is 45.4 Å². The molecule has 0 amide bonds. The normalized spacial score (nSPS) is 15.1. The third kappa shape index (κ3) is 5.15. The largest absolute Gasteiger partial charge is 0.308 e. The van der Waals surface area contributed by atoms with E-state index in [2.05, 4.69) is 207 Å². The number of aromatic nitrogens is 1. The van der Waals surface area contributed by atoms with Gasteiger partial charge in [0.25, 0.3) is 0 Å². The number of anilines is 3. The lowest BCUT2D eigenvalue weighted by Crippen LogP contribution is -2.16. The second-order valence-electron chi connectivity index (χ2n) is 17.5. The Morgan fingerprint density at radius 2 is 1.33 bits per heavy atom. The van der Waals surface area contributed by atoms with Gasteiger partial charge in [-0.2, -0.15) is 0 Å². The Balaban J connectivity index is 1.04. The highest BCUT2D eigenvalue weighted by Gasteiger charge is 2.37. The quantitative estimate of drug-likeness (QED) is 0.163. The summed E-state index contributed by atoms with van der Waals surface area (Å²) < 4.78 is 2.47. The summed E-state index contributed by atoms with van der Waals surface area (Å²) in [6.07, 6.45) is 12.4. The van der Waals surface area contributed by atoms with E-state index in [1.54, 1.807) is 5.57 Å². The Bertz CT molecular complexity index is 3420. The molecule has 3 aliphatic carbocycles. The minimum absolute atomic E-state index is 0.101. The fourth-order valence-corrected chi connectivity index (χ4v) is 11.2. The molecule has 0 saturated heterocycles. The molecule has 0 atom stereocenters. The predicted octanol–water partition coefficient (Wildman–Crippen LogP) is 15.2. The lowest BCUT2D eigenvalue weighted by molar-refractivity contribution is 0.662. The number of rotatable bonds is 6. The number of hydrogen-bond donors (Lipinski definition) is 0. The first-order valence-corrected chi connectivity index (χ1v) is 21.8. The molecule has 2 heteroatoms. The number of para-hydroxylation sites is 2. The summed E-state index contributed by atoms with van der Waals surface area (Å²) in [7, 11) is 0. The van der Waals surface area contributed by atoms with Gasteiger partial charge < -0.3 is 9.30 Å². The van der Waals surface area contributed by atoms with Crippen LogP contribution in [0, 0.1) is 0 Å². The van der Waals surface area contributed by atoms with Crippen LogP contribution in [0.15, 0.2) is 176 Å². The first kappa shape index (κ1) is 35.8. The first-order valence-electron chi connectivity index (χ1n) is 21.8. The van der Waals surface area contributed by atoms with Crippen LogP contribution in [0.4, 0.5) is 17.1 Å². The van der Waals surface area contributed by atoms with E-state index in [0.29, 0.717) is 0 Å². The number of nitrogens with zero attached hydrogens (tertiary/aromatic N) is 2. The molecule has 0 spiro atoms. The molecular weight excluding hydrogens is 737 g/mol. The van der Waals surface area contributed by atoms with E-state index in [1.165, 1.54) is 100 Å². The molecule has 7 aromatic carbocycles. The molecule has 0 bridgehead atoms. The van der Waals surface area contributed by atoms with E-state index in [1.807, 2.05) is 6.08 Å². The number of hydrogen-bond acceptors (Lipinski definition) is 1. The van der Waals surface area contributed by atoms with Crippen LogP contribution in [0.5, 0.6) is 0 Å². The van der Waals surface area contributed by atoms with Crippen molar-refractivity contribution in [3.63, 3.8) is 0 Å². The van der Waals surface area contributed by atoms with Gasteiger partial charge in [-0.1, -0.05) is 159 Å². The minimum atomic E-state index is -0.101. The third-order valence-corrected chi connectivity index (χ3v) is 14.0. The van der Waals surface area contributed by atoms with Gasteiger partial charge in [0.1, 0.15) is 0 Å². The third-order valence-electron chi connectivity index (χ3n) is 14.0. The maximum absolute atomic E-state index is 4.36. The van der Waals surface area contributed by atoms with E-state index in [9.17, 15) is 0 Å². The Hall–Kier alpha value is -7.16. The second kappa shape index (κ2) is 13.4. The highest BCUT2D eigenvalue weighted by atomic mass is 15.2. The van der Waals surface area contributed by atoms with Crippen LogP contribution >= 0.6 is 0 Å². The van der Waals surface area contributed by atoms with Crippen LogP contribution < -0.4 is 10.1 Å². The van der Waals surface area contributed by atoms with Crippen LogP contribution in [-0.4, -0.2) is 4.40 Å². The molecule has 2 aromatic heterocycles. The number of fused-ring (bicyclic) bond motifs is 10. The van der Waals surface area contributed by atoms with Crippen molar-refractivity contribution >= 4 is 62.1 Å². The van der Waals surface area contributed by atoms with E-state index in [4.69, 9.17) is 0 Å². The van der Waals surface area contributed by atoms with Gasteiger partial charge in [0.15, 0.2) is 0 Å². The van der Waals surface area contributed by atoms with E-state index < -0.39 is 0 Å². The average molecular weight is 783 g/mol. The summed E-state index contributed by atoms with van der Waals surface area (Å²) >= 11 is 0. The van der Waals surface area contributed by atoms with Crippen molar-refractivity contribution < 1.29 is 0 Å². The lowest BCUT2D eigenvalue weighted by Gasteiger charge is -2.27.